The first-order chi connectivity index (χ1) is 6.79. The lowest BCUT2D eigenvalue weighted by Gasteiger charge is -2.10. The first-order valence-corrected chi connectivity index (χ1v) is 5.62. The van der Waals surface area contributed by atoms with Crippen LogP contribution >= 0.6 is 11.8 Å². The van der Waals surface area contributed by atoms with Crippen LogP contribution in [-0.4, -0.2) is 18.0 Å². The molecule has 2 rings (SSSR count). The minimum Gasteiger partial charge on any atom is -0.356 e. The molecule has 1 aromatic rings. The van der Waals surface area contributed by atoms with Crippen LogP contribution in [0.2, 0.25) is 0 Å². The molecule has 1 aliphatic heterocycles. The maximum Gasteiger partial charge on any atom is 0.156 e. The van der Waals surface area contributed by atoms with Gasteiger partial charge in [-0.15, -0.1) is 0 Å². The molecular formula is C10H11FN2S. The van der Waals surface area contributed by atoms with Gasteiger partial charge in [0.05, 0.1) is 12.6 Å². The van der Waals surface area contributed by atoms with Crippen molar-refractivity contribution in [1.29, 1.82) is 0 Å². The average Bonchev–Trinajstić information content (AvgIpc) is 2.67. The molecule has 0 spiro atoms. The number of benzene rings is 1. The van der Waals surface area contributed by atoms with Crippen LogP contribution in [0.4, 0.5) is 4.39 Å². The van der Waals surface area contributed by atoms with E-state index in [-0.39, 0.29) is 11.9 Å². The number of rotatable bonds is 1. The predicted molar refractivity (Wildman–Crippen MR) is 58.1 cm³/mol. The summed E-state index contributed by atoms with van der Waals surface area (Å²) in [7, 11) is 0. The third-order valence-corrected chi connectivity index (χ3v) is 2.81. The Hall–Kier alpha value is -1.03. The molecular weight excluding hydrogens is 199 g/mol. The third-order valence-electron chi connectivity index (χ3n) is 2.18. The summed E-state index contributed by atoms with van der Waals surface area (Å²) in [6.07, 6.45) is 1.98. The van der Waals surface area contributed by atoms with E-state index < -0.39 is 0 Å². The second kappa shape index (κ2) is 4.00. The molecule has 0 saturated heterocycles. The van der Waals surface area contributed by atoms with Crippen LogP contribution in [0, 0.1) is 5.82 Å². The second-order valence-electron chi connectivity index (χ2n) is 3.10. The van der Waals surface area contributed by atoms with Crippen LogP contribution < -0.4 is 5.32 Å². The summed E-state index contributed by atoms with van der Waals surface area (Å²) >= 11 is 1.60. The lowest BCUT2D eigenvalue weighted by Crippen LogP contribution is -2.20. The summed E-state index contributed by atoms with van der Waals surface area (Å²) in [5, 5.41) is 4.22. The Morgan fingerprint density at radius 1 is 1.43 bits per heavy atom. The van der Waals surface area contributed by atoms with Gasteiger partial charge in [0.25, 0.3) is 0 Å². The van der Waals surface area contributed by atoms with Gasteiger partial charge in [-0.2, -0.15) is 0 Å². The number of nitrogens with one attached hydrogen (secondary N) is 1. The van der Waals surface area contributed by atoms with Gasteiger partial charge < -0.3 is 5.32 Å². The maximum absolute atomic E-state index is 12.7. The molecule has 14 heavy (non-hydrogen) atoms. The molecule has 0 bridgehead atoms. The quantitative estimate of drug-likeness (QED) is 0.768. The summed E-state index contributed by atoms with van der Waals surface area (Å²) in [4.78, 5) is 4.31. The number of amidine groups is 1. The van der Waals surface area contributed by atoms with Crippen molar-refractivity contribution >= 4 is 16.9 Å². The van der Waals surface area contributed by atoms with Gasteiger partial charge in [0, 0.05) is 0 Å². The van der Waals surface area contributed by atoms with Crippen molar-refractivity contribution < 1.29 is 4.39 Å². The van der Waals surface area contributed by atoms with Crippen LogP contribution in [0.3, 0.4) is 0 Å². The van der Waals surface area contributed by atoms with E-state index >= 15 is 0 Å². The molecule has 1 aromatic carbocycles. The highest BCUT2D eigenvalue weighted by atomic mass is 32.2. The molecule has 74 valence electrons. The van der Waals surface area contributed by atoms with Crippen LogP contribution in [0.1, 0.15) is 11.6 Å². The fourth-order valence-electron chi connectivity index (χ4n) is 1.42. The number of aliphatic imine (C=N–C) groups is 1. The van der Waals surface area contributed by atoms with Crippen molar-refractivity contribution in [3.05, 3.63) is 35.6 Å². The smallest absolute Gasteiger partial charge is 0.156 e. The second-order valence-corrected chi connectivity index (χ2v) is 3.89. The minimum absolute atomic E-state index is 0.197. The van der Waals surface area contributed by atoms with E-state index in [4.69, 9.17) is 0 Å². The summed E-state index contributed by atoms with van der Waals surface area (Å²) in [5.74, 6) is -0.197. The van der Waals surface area contributed by atoms with Gasteiger partial charge in [0.1, 0.15) is 5.82 Å². The topological polar surface area (TPSA) is 24.4 Å². The molecule has 2 nitrogen and oxygen atoms in total. The molecule has 1 aliphatic rings. The molecule has 1 atom stereocenters. The van der Waals surface area contributed by atoms with E-state index in [1.807, 2.05) is 6.26 Å². The Labute approximate surface area is 86.6 Å². The van der Waals surface area contributed by atoms with Crippen LogP contribution in [-0.2, 0) is 0 Å². The van der Waals surface area contributed by atoms with Gasteiger partial charge in [-0.25, -0.2) is 4.39 Å². The van der Waals surface area contributed by atoms with Gasteiger partial charge >= 0.3 is 0 Å². The molecule has 0 fully saturated rings. The predicted octanol–water partition coefficient (Wildman–Crippen LogP) is 2.19. The zero-order valence-electron chi connectivity index (χ0n) is 7.83. The zero-order valence-corrected chi connectivity index (χ0v) is 8.64. The first kappa shape index (κ1) is 9.52. The Bertz CT molecular complexity index is 348. The normalized spacial score (nSPS) is 20.4. The Morgan fingerprint density at radius 2 is 2.14 bits per heavy atom. The highest BCUT2D eigenvalue weighted by molar-refractivity contribution is 8.13. The molecule has 1 unspecified atom stereocenters. The lowest BCUT2D eigenvalue weighted by atomic mass is 10.1. The van der Waals surface area contributed by atoms with Gasteiger partial charge in [-0.1, -0.05) is 23.9 Å². The monoisotopic (exact) mass is 210 g/mol. The largest absolute Gasteiger partial charge is 0.356 e. The zero-order chi connectivity index (χ0) is 9.97. The number of halogens is 1. The molecule has 0 aromatic heterocycles. The Kier molecular flexibility index (Phi) is 2.72. The molecule has 1 heterocycles. The average molecular weight is 210 g/mol. The highest BCUT2D eigenvalue weighted by Gasteiger charge is 2.17. The van der Waals surface area contributed by atoms with Crippen molar-refractivity contribution in [3.8, 4) is 0 Å². The minimum atomic E-state index is -0.197. The standard InChI is InChI=1S/C10H11FN2S/c1-14-10-12-6-9(13-10)7-2-4-8(11)5-3-7/h2-5,9H,6H2,1H3,(H,12,13). The van der Waals surface area contributed by atoms with E-state index in [2.05, 4.69) is 10.3 Å². The first-order valence-electron chi connectivity index (χ1n) is 4.40. The molecule has 0 radical (unpaired) electrons. The van der Waals surface area contributed by atoms with E-state index in [9.17, 15) is 4.39 Å². The van der Waals surface area contributed by atoms with Gasteiger partial charge in [0.2, 0.25) is 0 Å². The van der Waals surface area contributed by atoms with Crippen molar-refractivity contribution in [1.82, 2.24) is 5.32 Å². The maximum atomic E-state index is 12.7. The Balaban J connectivity index is 2.08. The number of hydrogen-bond acceptors (Lipinski definition) is 3. The number of thioether (sulfide) groups is 1. The summed E-state index contributed by atoms with van der Waals surface area (Å²) in [6, 6.07) is 6.76. The molecule has 4 heteroatoms. The van der Waals surface area contributed by atoms with Crippen LogP contribution in [0.15, 0.2) is 29.3 Å². The number of hydrogen-bond donors (Lipinski definition) is 1. The third kappa shape index (κ3) is 1.90. The van der Waals surface area contributed by atoms with E-state index in [1.54, 1.807) is 23.9 Å². The van der Waals surface area contributed by atoms with Crippen LogP contribution in [0.25, 0.3) is 0 Å². The highest BCUT2D eigenvalue weighted by Crippen LogP contribution is 2.19. The summed E-state index contributed by atoms with van der Waals surface area (Å²) in [6.45, 7) is 0.738. The Morgan fingerprint density at radius 3 is 2.71 bits per heavy atom. The molecule has 1 N–H and O–H groups in total. The summed E-state index contributed by atoms with van der Waals surface area (Å²) in [5.41, 5.74) is 1.08. The van der Waals surface area contributed by atoms with Crippen molar-refractivity contribution in [3.63, 3.8) is 0 Å². The van der Waals surface area contributed by atoms with Crippen molar-refractivity contribution in [2.45, 2.75) is 6.04 Å². The summed E-state index contributed by atoms with van der Waals surface area (Å²) < 4.78 is 12.7. The van der Waals surface area contributed by atoms with Crippen molar-refractivity contribution in [2.75, 3.05) is 12.8 Å². The van der Waals surface area contributed by atoms with E-state index in [1.165, 1.54) is 12.1 Å². The van der Waals surface area contributed by atoms with E-state index in [0.29, 0.717) is 0 Å². The van der Waals surface area contributed by atoms with Gasteiger partial charge in [0.15, 0.2) is 5.17 Å². The lowest BCUT2D eigenvalue weighted by molar-refractivity contribution is 0.624. The van der Waals surface area contributed by atoms with Crippen molar-refractivity contribution in [2.24, 2.45) is 4.99 Å². The van der Waals surface area contributed by atoms with Gasteiger partial charge in [-0.3, -0.25) is 4.99 Å². The SMILES string of the molecule is CSC1=NCC(c2ccc(F)cc2)N1. The van der Waals surface area contributed by atoms with Gasteiger partial charge in [-0.05, 0) is 24.0 Å². The fraction of sp³-hybridized carbons (Fsp3) is 0.300. The molecule has 0 aliphatic carbocycles. The molecule has 0 saturated carbocycles. The number of nitrogens with zero attached hydrogens (tertiary/aromatic N) is 1. The van der Waals surface area contributed by atoms with E-state index in [0.717, 1.165) is 17.3 Å². The molecule has 0 amide bonds. The fourth-order valence-corrected chi connectivity index (χ4v) is 1.89. The van der Waals surface area contributed by atoms with Crippen LogP contribution in [0.5, 0.6) is 0 Å².